The van der Waals surface area contributed by atoms with Crippen LogP contribution in [0.1, 0.15) is 103 Å². The zero-order valence-corrected chi connectivity index (χ0v) is 48.1. The summed E-state index contributed by atoms with van der Waals surface area (Å²) in [5.74, 6) is 0. The average molecular weight is 1010 g/mol. The highest BCUT2D eigenvalue weighted by Crippen LogP contribution is 2.49. The zero-order chi connectivity index (χ0) is 53.5. The summed E-state index contributed by atoms with van der Waals surface area (Å²) in [6.45, 7) is 30.6. The molecular formula is C71H74BN3Si. The number of hydrogen-bond donors (Lipinski definition) is 0. The van der Waals surface area contributed by atoms with Gasteiger partial charge in [0.2, 0.25) is 0 Å². The van der Waals surface area contributed by atoms with Crippen molar-refractivity contribution in [2.24, 2.45) is 0 Å². The molecule has 0 radical (unpaired) electrons. The molecule has 11 rings (SSSR count). The van der Waals surface area contributed by atoms with Crippen LogP contribution in [0.5, 0.6) is 0 Å². The highest BCUT2D eigenvalue weighted by atomic mass is 28.3. The van der Waals surface area contributed by atoms with Crippen molar-refractivity contribution in [3.63, 3.8) is 0 Å². The molecule has 0 unspecified atom stereocenters. The lowest BCUT2D eigenvalue weighted by molar-refractivity contribution is 0.590. The van der Waals surface area contributed by atoms with Crippen molar-refractivity contribution in [3.05, 3.63) is 246 Å². The molecular weight excluding hydrogens is 934 g/mol. The lowest BCUT2D eigenvalue weighted by atomic mass is 9.33. The normalized spacial score (nSPS) is 13.5. The van der Waals surface area contributed by atoms with Gasteiger partial charge in [0.25, 0.3) is 6.71 Å². The highest BCUT2D eigenvalue weighted by Gasteiger charge is 2.45. The van der Waals surface area contributed by atoms with Gasteiger partial charge in [-0.25, -0.2) is 0 Å². The smallest absolute Gasteiger partial charge is 0.252 e. The van der Waals surface area contributed by atoms with Crippen molar-refractivity contribution in [1.29, 1.82) is 0 Å². The van der Waals surface area contributed by atoms with Gasteiger partial charge in [0, 0.05) is 56.3 Å². The van der Waals surface area contributed by atoms with E-state index in [0.717, 1.165) is 28.4 Å². The summed E-state index contributed by atoms with van der Waals surface area (Å²) in [6, 6.07) is 80.9. The molecule has 380 valence electrons. The molecule has 0 bridgehead atoms. The van der Waals surface area contributed by atoms with E-state index >= 15 is 0 Å². The fourth-order valence-corrected chi connectivity index (χ4v) is 13.0. The van der Waals surface area contributed by atoms with Gasteiger partial charge in [0.05, 0.1) is 13.8 Å². The number of anilines is 9. The molecule has 76 heavy (non-hydrogen) atoms. The second-order valence-corrected chi connectivity index (χ2v) is 30.7. The minimum atomic E-state index is -1.58. The van der Waals surface area contributed by atoms with Gasteiger partial charge in [-0.05, 0) is 133 Å². The Morgan fingerprint density at radius 3 is 1.18 bits per heavy atom. The number of fused-ring (bicyclic) bond motifs is 4. The van der Waals surface area contributed by atoms with E-state index in [1.54, 1.807) is 0 Å². The van der Waals surface area contributed by atoms with Crippen LogP contribution >= 0.6 is 0 Å². The molecule has 0 N–H and O–H groups in total. The Morgan fingerprint density at radius 2 is 0.724 bits per heavy atom. The zero-order valence-electron chi connectivity index (χ0n) is 47.1. The highest BCUT2D eigenvalue weighted by molar-refractivity contribution is 7.00. The van der Waals surface area contributed by atoms with Crippen molar-refractivity contribution in [1.82, 2.24) is 0 Å². The lowest BCUT2D eigenvalue weighted by Crippen LogP contribution is -2.61. The first-order chi connectivity index (χ1) is 36.1. The number of nitrogens with zero attached hydrogens (tertiary/aromatic N) is 3. The van der Waals surface area contributed by atoms with Crippen LogP contribution in [-0.2, 0) is 21.7 Å². The molecule has 9 aromatic rings. The van der Waals surface area contributed by atoms with Crippen molar-refractivity contribution in [2.45, 2.75) is 111 Å². The molecule has 3 nitrogen and oxygen atoms in total. The average Bonchev–Trinajstić information content (AvgIpc) is 3.44. The van der Waals surface area contributed by atoms with Gasteiger partial charge in [0.15, 0.2) is 0 Å². The number of hydrogen-bond acceptors (Lipinski definition) is 3. The largest absolute Gasteiger partial charge is 0.311 e. The third kappa shape index (κ3) is 9.00. The molecule has 2 heterocycles. The maximum atomic E-state index is 2.59. The molecule has 0 atom stereocenters. The number of rotatable bonds is 10. The van der Waals surface area contributed by atoms with E-state index in [2.05, 4.69) is 316 Å². The van der Waals surface area contributed by atoms with E-state index in [1.807, 2.05) is 0 Å². The van der Waals surface area contributed by atoms with Crippen LogP contribution in [0.25, 0.3) is 0 Å². The van der Waals surface area contributed by atoms with Crippen LogP contribution in [0.3, 0.4) is 0 Å². The standard InChI is InChI=1S/C71H74BN3Si/c1-68(2,3)49-29-35-57(36-30-49)74-63-43-33-53(69(4,5)6)45-61(63)72-62-46-54(71(9,10)51-25-19-15-20-26-51)34-44-64(62)75(58-37-31-52(32-38-58)70(7,8)50-23-17-14-18-24-50)66-48-59(47-65(74)67(66)72)73(55-27-21-16-22-28-55)56-39-41-60(42-40-56)76(11,12)13/h14-48H,1-13H3. The van der Waals surface area contributed by atoms with E-state index in [9.17, 15) is 0 Å². The quantitative estimate of drug-likeness (QED) is 0.126. The van der Waals surface area contributed by atoms with E-state index in [4.69, 9.17) is 0 Å². The number of para-hydroxylation sites is 1. The van der Waals surface area contributed by atoms with Gasteiger partial charge in [-0.15, -0.1) is 0 Å². The van der Waals surface area contributed by atoms with Gasteiger partial charge < -0.3 is 14.7 Å². The Balaban J connectivity index is 1.24. The third-order valence-electron chi connectivity index (χ3n) is 16.7. The summed E-state index contributed by atoms with van der Waals surface area (Å²) in [7, 11) is -1.58. The fraction of sp³-hybridized carbons (Fsp3) is 0.239. The molecule has 0 fully saturated rings. The summed E-state index contributed by atoms with van der Waals surface area (Å²) in [4.78, 5) is 7.64. The maximum Gasteiger partial charge on any atom is 0.252 e. The molecule has 0 saturated heterocycles. The molecule has 9 aromatic carbocycles. The molecule has 0 aliphatic carbocycles. The topological polar surface area (TPSA) is 9.72 Å². The fourth-order valence-electron chi connectivity index (χ4n) is 11.8. The Labute approximate surface area is 456 Å². The van der Waals surface area contributed by atoms with Crippen LogP contribution in [0, 0.1) is 0 Å². The van der Waals surface area contributed by atoms with E-state index < -0.39 is 8.07 Å². The maximum absolute atomic E-state index is 2.59. The third-order valence-corrected chi connectivity index (χ3v) is 18.8. The predicted molar refractivity (Wildman–Crippen MR) is 333 cm³/mol. The predicted octanol–water partition coefficient (Wildman–Crippen LogP) is 17.0. The summed E-state index contributed by atoms with van der Waals surface area (Å²) in [5.41, 5.74) is 21.6. The van der Waals surface area contributed by atoms with Crippen molar-refractivity contribution >= 4 is 87.5 Å². The SMILES string of the molecule is CC(C)(C)c1ccc(N2c3ccc(C(C)(C)C)cc3B3c4cc(C(C)(C)c5ccccc5)ccc4N(c4ccc(C(C)(C)c5ccccc5)cc4)c4cc(N(c5ccccc5)c5ccc([Si](C)(C)C)cc5)cc2c43)cc1. The summed E-state index contributed by atoms with van der Waals surface area (Å²) < 4.78 is 0. The summed E-state index contributed by atoms with van der Waals surface area (Å²) in [5, 5.41) is 1.44. The molecule has 2 aliphatic rings. The monoisotopic (exact) mass is 1010 g/mol. The van der Waals surface area contributed by atoms with Gasteiger partial charge >= 0.3 is 0 Å². The van der Waals surface area contributed by atoms with Gasteiger partial charge in [-0.3, -0.25) is 0 Å². The van der Waals surface area contributed by atoms with Crippen LogP contribution in [-0.4, -0.2) is 14.8 Å². The molecule has 0 saturated carbocycles. The van der Waals surface area contributed by atoms with Gasteiger partial charge in [-0.1, -0.05) is 234 Å². The van der Waals surface area contributed by atoms with E-state index in [-0.39, 0.29) is 28.4 Å². The van der Waals surface area contributed by atoms with Crippen molar-refractivity contribution < 1.29 is 0 Å². The molecule has 0 amide bonds. The van der Waals surface area contributed by atoms with Crippen molar-refractivity contribution in [3.8, 4) is 0 Å². The Hall–Kier alpha value is -7.34. The molecule has 0 aromatic heterocycles. The second kappa shape index (κ2) is 18.7. The van der Waals surface area contributed by atoms with E-state index in [0.29, 0.717) is 0 Å². The van der Waals surface area contributed by atoms with Gasteiger partial charge in [0.1, 0.15) is 0 Å². The molecule has 2 aliphatic heterocycles. The van der Waals surface area contributed by atoms with Crippen LogP contribution in [0.4, 0.5) is 51.2 Å². The lowest BCUT2D eigenvalue weighted by Gasteiger charge is -2.46. The first kappa shape index (κ1) is 50.8. The Kier molecular flexibility index (Phi) is 12.5. The minimum absolute atomic E-state index is 0.00659. The molecule has 5 heteroatoms. The van der Waals surface area contributed by atoms with E-state index in [1.165, 1.54) is 77.7 Å². The summed E-state index contributed by atoms with van der Waals surface area (Å²) in [6.07, 6.45) is 0. The molecule has 0 spiro atoms. The summed E-state index contributed by atoms with van der Waals surface area (Å²) >= 11 is 0. The Morgan fingerprint density at radius 1 is 0.342 bits per heavy atom. The first-order valence-electron chi connectivity index (χ1n) is 27.5. The first-order valence-corrected chi connectivity index (χ1v) is 31.0. The van der Waals surface area contributed by atoms with Crippen LogP contribution in [0.2, 0.25) is 19.6 Å². The van der Waals surface area contributed by atoms with Gasteiger partial charge in [-0.2, -0.15) is 0 Å². The second-order valence-electron chi connectivity index (χ2n) is 25.6. The van der Waals surface area contributed by atoms with Crippen LogP contribution < -0.4 is 36.3 Å². The van der Waals surface area contributed by atoms with Crippen LogP contribution in [0.15, 0.2) is 212 Å². The number of benzene rings is 9. The minimum Gasteiger partial charge on any atom is -0.311 e. The van der Waals surface area contributed by atoms with Crippen molar-refractivity contribution in [2.75, 3.05) is 14.7 Å². The Bertz CT molecular complexity index is 3560.